The third kappa shape index (κ3) is 6.77. The summed E-state index contributed by atoms with van der Waals surface area (Å²) in [6.45, 7) is 0. The van der Waals surface area contributed by atoms with Crippen molar-refractivity contribution in [2.75, 3.05) is 0 Å². The predicted octanol–water partition coefficient (Wildman–Crippen LogP) is 9.37. The number of azo groups is 2. The zero-order valence-electron chi connectivity index (χ0n) is 19.6. The van der Waals surface area contributed by atoms with Gasteiger partial charge in [-0.2, -0.15) is 0 Å². The van der Waals surface area contributed by atoms with Crippen LogP contribution < -0.4 is 0 Å². The minimum absolute atomic E-state index is 0.169. The normalized spacial score (nSPS) is 12.0. The number of fused-ring (bicyclic) bond motifs is 2. The number of hydrogen-bond donors (Lipinski definition) is 4. The van der Waals surface area contributed by atoms with Gasteiger partial charge in [-0.05, 0) is 69.0 Å². The van der Waals surface area contributed by atoms with E-state index in [0.717, 1.165) is 30.7 Å². The van der Waals surface area contributed by atoms with Crippen LogP contribution in [0.25, 0.3) is 21.8 Å². The van der Waals surface area contributed by atoms with Gasteiger partial charge in [-0.1, -0.05) is 44.7 Å². The number of aromatic amines is 2. The Labute approximate surface area is 249 Å². The van der Waals surface area contributed by atoms with Crippen LogP contribution in [0.1, 0.15) is 38.5 Å². The van der Waals surface area contributed by atoms with Crippen molar-refractivity contribution in [3.05, 3.63) is 42.2 Å². The summed E-state index contributed by atoms with van der Waals surface area (Å²) in [6, 6.07) is 7.20. The minimum atomic E-state index is -0.394. The molecule has 14 heteroatoms. The molecule has 38 heavy (non-hydrogen) atoms. The average Bonchev–Trinajstić information content (AvgIpc) is 3.34. The fourth-order valence-corrected chi connectivity index (χ4v) is 6.45. The molecule has 0 radical (unpaired) electrons. The van der Waals surface area contributed by atoms with E-state index in [2.05, 4.69) is 94.1 Å². The number of rotatable bonds is 9. The summed E-state index contributed by atoms with van der Waals surface area (Å²) in [5, 5.41) is 36.9. The summed E-state index contributed by atoms with van der Waals surface area (Å²) in [5.41, 5.74) is 1.70. The zero-order chi connectivity index (χ0) is 27.4. The number of aromatic nitrogens is 2. The molecule has 0 saturated heterocycles. The first-order valence-electron chi connectivity index (χ1n) is 11.4. The Morgan fingerprint density at radius 1 is 0.658 bits per heavy atom. The lowest BCUT2D eigenvalue weighted by Crippen LogP contribution is -1.94. The second-order valence-corrected chi connectivity index (χ2v) is 11.9. The number of hydrogen-bond acceptors (Lipinski definition) is 6. The Bertz CT molecular complexity index is 1480. The van der Waals surface area contributed by atoms with Gasteiger partial charge in [0.1, 0.15) is 0 Å². The van der Waals surface area contributed by atoms with Crippen LogP contribution in [-0.2, 0) is 9.59 Å². The van der Waals surface area contributed by atoms with Gasteiger partial charge in [0.25, 0.3) is 11.8 Å². The molecular formula is C24H20Br4N6O4. The molecular weight excluding hydrogens is 756 g/mol. The van der Waals surface area contributed by atoms with E-state index >= 15 is 0 Å². The highest BCUT2D eigenvalue weighted by Crippen LogP contribution is 2.41. The molecule has 0 aliphatic rings. The van der Waals surface area contributed by atoms with Crippen LogP contribution in [0.15, 0.2) is 62.6 Å². The van der Waals surface area contributed by atoms with Crippen LogP contribution in [0.2, 0.25) is 0 Å². The van der Waals surface area contributed by atoms with Crippen molar-refractivity contribution >= 4 is 109 Å². The molecule has 4 aromatic rings. The number of aromatic hydroxyl groups is 2. The monoisotopic (exact) mass is 772 g/mol. The van der Waals surface area contributed by atoms with E-state index in [1.807, 2.05) is 12.1 Å². The van der Waals surface area contributed by atoms with E-state index in [0.29, 0.717) is 34.6 Å². The van der Waals surface area contributed by atoms with Crippen LogP contribution in [0.4, 0.5) is 11.4 Å². The molecule has 0 bridgehead atoms. The van der Waals surface area contributed by atoms with E-state index in [9.17, 15) is 19.8 Å². The Morgan fingerprint density at radius 3 is 1.45 bits per heavy atom. The van der Waals surface area contributed by atoms with Crippen LogP contribution in [0.5, 0.6) is 11.8 Å². The summed E-state index contributed by atoms with van der Waals surface area (Å²) >= 11 is 13.6. The van der Waals surface area contributed by atoms with Gasteiger partial charge < -0.3 is 20.2 Å². The van der Waals surface area contributed by atoms with Crippen molar-refractivity contribution in [1.29, 1.82) is 0 Å². The predicted molar refractivity (Wildman–Crippen MR) is 157 cm³/mol. The van der Waals surface area contributed by atoms with E-state index in [1.165, 1.54) is 0 Å². The topological polar surface area (TPSA) is 156 Å². The largest absolute Gasteiger partial charge is 0.493 e. The summed E-state index contributed by atoms with van der Waals surface area (Å²) in [7, 11) is 0. The van der Waals surface area contributed by atoms with Crippen molar-refractivity contribution in [3.63, 3.8) is 0 Å². The van der Waals surface area contributed by atoms with Crippen molar-refractivity contribution in [2.24, 2.45) is 20.5 Å². The zero-order valence-corrected chi connectivity index (χ0v) is 25.9. The fraction of sp³-hybridized carbons (Fsp3) is 0.250. The van der Waals surface area contributed by atoms with E-state index < -0.39 is 11.8 Å². The molecule has 0 aliphatic heterocycles. The Balaban J connectivity index is 1.21. The molecule has 0 aliphatic carbocycles. The maximum absolute atomic E-state index is 12.1. The van der Waals surface area contributed by atoms with Crippen molar-refractivity contribution < 1.29 is 19.8 Å². The van der Waals surface area contributed by atoms with Gasteiger partial charge in [0.05, 0.1) is 11.0 Å². The van der Waals surface area contributed by atoms with Crippen LogP contribution in [0.3, 0.4) is 0 Å². The number of carbonyl (C=O) groups is 2. The van der Waals surface area contributed by atoms with Crippen molar-refractivity contribution in [2.45, 2.75) is 38.5 Å². The fourth-order valence-electron chi connectivity index (χ4n) is 3.81. The number of H-pyrrole nitrogens is 2. The molecule has 2 aromatic heterocycles. The third-order valence-electron chi connectivity index (χ3n) is 5.61. The van der Waals surface area contributed by atoms with Crippen LogP contribution in [0, 0.1) is 0 Å². The molecule has 198 valence electrons. The summed E-state index contributed by atoms with van der Waals surface area (Å²) in [5.74, 6) is -1.13. The summed E-state index contributed by atoms with van der Waals surface area (Å²) < 4.78 is 3.05. The number of nitrogens with zero attached hydrogens (tertiary/aromatic N) is 4. The van der Waals surface area contributed by atoms with E-state index in [-0.39, 0.29) is 36.0 Å². The van der Waals surface area contributed by atoms with Gasteiger partial charge in [-0.25, -0.2) is 0 Å². The molecule has 10 nitrogen and oxygen atoms in total. The quantitative estimate of drug-likeness (QED) is 0.0988. The number of nitrogens with one attached hydrogen (secondary N) is 2. The molecule has 0 saturated carbocycles. The van der Waals surface area contributed by atoms with Crippen LogP contribution >= 0.6 is 63.7 Å². The molecule has 2 amide bonds. The number of unbranched alkanes of at least 4 members (excludes halogenated alkanes) is 3. The van der Waals surface area contributed by atoms with Gasteiger partial charge in [-0.3, -0.25) is 9.59 Å². The highest BCUT2D eigenvalue weighted by atomic mass is 79.9. The number of carbonyl (C=O) groups excluding carboxylic acids is 2. The number of halogens is 4. The number of benzene rings is 2. The first-order chi connectivity index (χ1) is 18.1. The first kappa shape index (κ1) is 28.6. The van der Waals surface area contributed by atoms with Crippen molar-refractivity contribution in [3.8, 4) is 11.8 Å². The lowest BCUT2D eigenvalue weighted by molar-refractivity contribution is -0.119. The summed E-state index contributed by atoms with van der Waals surface area (Å²) in [6.07, 6.45) is 3.07. The molecule has 0 fully saturated rings. The highest BCUT2D eigenvalue weighted by molar-refractivity contribution is 9.11. The smallest absolute Gasteiger partial charge is 0.264 e. The molecule has 4 rings (SSSR count). The summed E-state index contributed by atoms with van der Waals surface area (Å²) in [4.78, 5) is 29.9. The van der Waals surface area contributed by atoms with E-state index in [4.69, 9.17) is 0 Å². The standard InChI is InChI=1S/C24H20Br4N6O4/c25-11-7-13-19(15(27)9-11)29-23(37)21(13)33-31-17(35)5-3-1-2-4-6-18(36)32-34-22-14-8-12(26)10-16(28)20(14)30-24(22)38/h7-10,29-30,37-38H,1-6H2. The molecule has 0 atom stereocenters. The molecule has 0 spiro atoms. The molecule has 0 unspecified atom stereocenters. The van der Waals surface area contributed by atoms with Gasteiger partial charge in [0, 0.05) is 41.5 Å². The third-order valence-corrected chi connectivity index (χ3v) is 7.78. The van der Waals surface area contributed by atoms with Gasteiger partial charge in [0.2, 0.25) is 11.8 Å². The highest BCUT2D eigenvalue weighted by Gasteiger charge is 2.15. The molecule has 2 aromatic carbocycles. The second kappa shape index (κ2) is 12.6. The maximum Gasteiger partial charge on any atom is 0.264 e. The average molecular weight is 776 g/mol. The maximum atomic E-state index is 12.1. The Morgan fingerprint density at radius 2 is 1.05 bits per heavy atom. The first-order valence-corrected chi connectivity index (χ1v) is 14.6. The Kier molecular flexibility index (Phi) is 9.50. The molecule has 2 heterocycles. The second-order valence-electron chi connectivity index (χ2n) is 8.37. The lowest BCUT2D eigenvalue weighted by Gasteiger charge is -1.98. The van der Waals surface area contributed by atoms with Gasteiger partial charge >= 0.3 is 0 Å². The minimum Gasteiger partial charge on any atom is -0.493 e. The van der Waals surface area contributed by atoms with Crippen LogP contribution in [-0.4, -0.2) is 32.0 Å². The van der Waals surface area contributed by atoms with E-state index in [1.54, 1.807) is 12.1 Å². The Hall–Kier alpha value is -2.42. The van der Waals surface area contributed by atoms with Gasteiger partial charge in [-0.15, -0.1) is 20.5 Å². The van der Waals surface area contributed by atoms with Gasteiger partial charge in [0.15, 0.2) is 11.4 Å². The van der Waals surface area contributed by atoms with Crippen molar-refractivity contribution in [1.82, 2.24) is 9.97 Å². The number of amides is 2. The SMILES string of the molecule is O=C(CCCCCCC(=O)N=Nc1c(O)[nH]c2c(Br)cc(Br)cc12)N=Nc1c(O)[nH]c2c(Br)cc(Br)cc12. The lowest BCUT2D eigenvalue weighted by atomic mass is 10.1. The molecule has 4 N–H and O–H groups in total.